The average molecular weight is 337 g/mol. The van der Waals surface area contributed by atoms with Crippen LogP contribution in [-0.2, 0) is 11.8 Å². The van der Waals surface area contributed by atoms with Crippen molar-refractivity contribution in [3.63, 3.8) is 0 Å². The van der Waals surface area contributed by atoms with E-state index in [0.717, 1.165) is 49.1 Å². The molecule has 5 atom stereocenters. The number of carbonyl (C=O) groups excluding carboxylic acids is 1. The fraction of sp³-hybridized carbons (Fsp3) is 0.765. The second-order valence-electron chi connectivity index (χ2n) is 7.66. The van der Waals surface area contributed by atoms with Crippen LogP contribution in [0.25, 0.3) is 0 Å². The van der Waals surface area contributed by atoms with Crippen LogP contribution < -0.4 is 5.32 Å². The number of halogens is 1. The second-order valence-corrected chi connectivity index (χ2v) is 7.66. The van der Waals surface area contributed by atoms with Crippen LogP contribution in [0.5, 0.6) is 0 Å². The third-order valence-electron chi connectivity index (χ3n) is 6.70. The lowest BCUT2D eigenvalue weighted by atomic mass is 10.0. The molecule has 3 saturated carbocycles. The number of amides is 1. The minimum atomic E-state index is 0. The molecule has 6 heteroatoms. The number of carbonyl (C=O) groups is 1. The molecule has 5 nitrogen and oxygen atoms in total. The smallest absolute Gasteiger partial charge is 0.226 e. The number of piperazine rings is 1. The first-order valence-corrected chi connectivity index (χ1v) is 8.74. The van der Waals surface area contributed by atoms with E-state index in [4.69, 9.17) is 0 Å². The van der Waals surface area contributed by atoms with Crippen molar-refractivity contribution >= 4 is 18.3 Å². The van der Waals surface area contributed by atoms with Crippen LogP contribution in [0.3, 0.4) is 0 Å². The molecule has 126 valence electrons. The van der Waals surface area contributed by atoms with Crippen LogP contribution in [0.1, 0.15) is 31.1 Å². The van der Waals surface area contributed by atoms with Crippen molar-refractivity contribution in [1.82, 2.24) is 19.8 Å². The van der Waals surface area contributed by atoms with Gasteiger partial charge in [0.15, 0.2) is 0 Å². The number of aromatic nitrogens is 2. The maximum Gasteiger partial charge on any atom is 0.226 e. The second kappa shape index (κ2) is 5.49. The third kappa shape index (κ3) is 2.16. The quantitative estimate of drug-likeness (QED) is 0.892. The molecular weight excluding hydrogens is 312 g/mol. The zero-order chi connectivity index (χ0) is 14.8. The zero-order valence-corrected chi connectivity index (χ0v) is 14.3. The van der Waals surface area contributed by atoms with E-state index in [2.05, 4.69) is 19.8 Å². The normalized spacial score (nSPS) is 40.7. The minimum Gasteiger partial charge on any atom is -0.336 e. The molecule has 5 unspecified atom stereocenters. The maximum absolute atomic E-state index is 13.2. The summed E-state index contributed by atoms with van der Waals surface area (Å²) < 4.78 is 2.05. The van der Waals surface area contributed by atoms with Crippen molar-refractivity contribution < 1.29 is 4.79 Å². The molecule has 1 aromatic rings. The van der Waals surface area contributed by atoms with E-state index in [0.29, 0.717) is 11.8 Å². The molecule has 0 spiro atoms. The highest BCUT2D eigenvalue weighted by molar-refractivity contribution is 5.85. The van der Waals surface area contributed by atoms with Gasteiger partial charge < -0.3 is 14.8 Å². The molecule has 2 bridgehead atoms. The molecule has 23 heavy (non-hydrogen) atoms. The zero-order valence-electron chi connectivity index (χ0n) is 13.5. The van der Waals surface area contributed by atoms with E-state index < -0.39 is 0 Å². The van der Waals surface area contributed by atoms with Crippen LogP contribution >= 0.6 is 12.4 Å². The Bertz CT molecular complexity index is 601. The number of nitrogens with zero attached hydrogens (tertiary/aromatic N) is 3. The molecule has 5 rings (SSSR count). The van der Waals surface area contributed by atoms with Gasteiger partial charge >= 0.3 is 0 Å². The third-order valence-corrected chi connectivity index (χ3v) is 6.70. The molecule has 1 aromatic heterocycles. The summed E-state index contributed by atoms with van der Waals surface area (Å²) in [6, 6.07) is 0.0974. The molecule has 3 aliphatic carbocycles. The van der Waals surface area contributed by atoms with E-state index in [1.807, 2.05) is 19.4 Å². The van der Waals surface area contributed by atoms with Crippen LogP contribution in [0, 0.1) is 29.6 Å². The molecule has 0 radical (unpaired) electrons. The molecule has 0 aromatic carbocycles. The summed E-state index contributed by atoms with van der Waals surface area (Å²) in [5, 5.41) is 3.43. The van der Waals surface area contributed by atoms with Crippen LogP contribution in [0.15, 0.2) is 12.4 Å². The summed E-state index contributed by atoms with van der Waals surface area (Å²) in [6.07, 6.45) is 7.96. The number of hydrogen-bond donors (Lipinski definition) is 1. The highest BCUT2D eigenvalue weighted by Gasteiger charge is 2.68. The van der Waals surface area contributed by atoms with E-state index in [-0.39, 0.29) is 18.4 Å². The first-order valence-electron chi connectivity index (χ1n) is 8.74. The Labute approximate surface area is 143 Å². The van der Waals surface area contributed by atoms with Gasteiger partial charge in [0.25, 0.3) is 0 Å². The number of imidazole rings is 1. The highest BCUT2D eigenvalue weighted by atomic mass is 35.5. The Hall–Kier alpha value is -1.07. The summed E-state index contributed by atoms with van der Waals surface area (Å²) in [4.78, 5) is 19.8. The topological polar surface area (TPSA) is 50.2 Å². The van der Waals surface area contributed by atoms with Gasteiger partial charge in [-0.05, 0) is 42.9 Å². The lowest BCUT2D eigenvalue weighted by molar-refractivity contribution is -0.137. The van der Waals surface area contributed by atoms with Gasteiger partial charge in [-0.15, -0.1) is 12.4 Å². The maximum atomic E-state index is 13.2. The molecule has 1 saturated heterocycles. The predicted molar refractivity (Wildman–Crippen MR) is 89.1 cm³/mol. The average Bonchev–Trinajstić information content (AvgIpc) is 2.87. The van der Waals surface area contributed by atoms with E-state index >= 15 is 0 Å². The van der Waals surface area contributed by atoms with Crippen LogP contribution in [-0.4, -0.2) is 40.0 Å². The van der Waals surface area contributed by atoms with Crippen molar-refractivity contribution in [2.45, 2.75) is 25.3 Å². The molecular formula is C17H25ClN4O. The monoisotopic (exact) mass is 336 g/mol. The Morgan fingerprint density at radius 2 is 2.04 bits per heavy atom. The number of fused-ring (bicyclic) bond motifs is 5. The molecule has 1 aliphatic heterocycles. The summed E-state index contributed by atoms with van der Waals surface area (Å²) >= 11 is 0. The molecule has 4 fully saturated rings. The molecule has 2 heterocycles. The van der Waals surface area contributed by atoms with Crippen molar-refractivity contribution in [2.75, 3.05) is 19.6 Å². The summed E-state index contributed by atoms with van der Waals surface area (Å²) in [7, 11) is 2.02. The fourth-order valence-electron chi connectivity index (χ4n) is 5.74. The van der Waals surface area contributed by atoms with Crippen molar-refractivity contribution in [3.8, 4) is 0 Å². The van der Waals surface area contributed by atoms with Crippen molar-refractivity contribution in [2.24, 2.45) is 36.6 Å². The minimum absolute atomic E-state index is 0. The van der Waals surface area contributed by atoms with E-state index in [1.165, 1.54) is 19.3 Å². The lowest BCUT2D eigenvalue weighted by Crippen LogP contribution is -2.50. The number of hydrogen-bond acceptors (Lipinski definition) is 3. The van der Waals surface area contributed by atoms with Gasteiger partial charge in [-0.1, -0.05) is 0 Å². The summed E-state index contributed by atoms with van der Waals surface area (Å²) in [5.74, 6) is 4.94. The Balaban J connectivity index is 0.00000135. The number of rotatable bonds is 2. The van der Waals surface area contributed by atoms with Crippen molar-refractivity contribution in [3.05, 3.63) is 18.2 Å². The first kappa shape index (κ1) is 15.5. The Morgan fingerprint density at radius 3 is 2.70 bits per heavy atom. The first-order chi connectivity index (χ1) is 10.8. The fourth-order valence-corrected chi connectivity index (χ4v) is 5.74. The summed E-state index contributed by atoms with van der Waals surface area (Å²) in [6.45, 7) is 2.55. The SMILES string of the molecule is Cl.Cn1ccnc1C1CNCCN1C(=O)C1C2C3CCC(C3)C12. The van der Waals surface area contributed by atoms with Gasteiger partial charge in [0.05, 0.1) is 0 Å². The van der Waals surface area contributed by atoms with Gasteiger partial charge in [0.2, 0.25) is 5.91 Å². The van der Waals surface area contributed by atoms with E-state index in [1.54, 1.807) is 0 Å². The Morgan fingerprint density at radius 1 is 1.30 bits per heavy atom. The highest BCUT2D eigenvalue weighted by Crippen LogP contribution is 2.69. The number of nitrogens with one attached hydrogen (secondary N) is 1. The van der Waals surface area contributed by atoms with Crippen LogP contribution in [0.4, 0.5) is 0 Å². The Kier molecular flexibility index (Phi) is 3.69. The van der Waals surface area contributed by atoms with Gasteiger partial charge in [-0.3, -0.25) is 4.79 Å². The molecule has 4 aliphatic rings. The molecule has 1 amide bonds. The van der Waals surface area contributed by atoms with Gasteiger partial charge in [0, 0.05) is 45.0 Å². The lowest BCUT2D eigenvalue weighted by Gasteiger charge is -2.36. The van der Waals surface area contributed by atoms with Crippen molar-refractivity contribution in [1.29, 1.82) is 0 Å². The largest absolute Gasteiger partial charge is 0.336 e. The predicted octanol–water partition coefficient (Wildman–Crippen LogP) is 1.61. The number of aryl methyl sites for hydroxylation is 1. The van der Waals surface area contributed by atoms with Gasteiger partial charge in [-0.25, -0.2) is 4.98 Å². The van der Waals surface area contributed by atoms with E-state index in [9.17, 15) is 4.79 Å². The molecule has 1 N–H and O–H groups in total. The summed E-state index contributed by atoms with van der Waals surface area (Å²) in [5.41, 5.74) is 0. The standard InChI is InChI=1S/C17H24N4O.ClH/c1-20-6-5-19-16(20)12-9-18-4-7-21(12)17(22)15-13-10-2-3-11(8-10)14(13)15;/h5-6,10-15,18H,2-4,7-9H2,1H3;1H. The van der Waals surface area contributed by atoms with Crippen LogP contribution in [0.2, 0.25) is 0 Å². The van der Waals surface area contributed by atoms with Gasteiger partial charge in [-0.2, -0.15) is 0 Å². The van der Waals surface area contributed by atoms with Gasteiger partial charge in [0.1, 0.15) is 11.9 Å².